The summed E-state index contributed by atoms with van der Waals surface area (Å²) in [7, 11) is 0. The predicted molar refractivity (Wildman–Crippen MR) is 88.7 cm³/mol. The molecule has 0 fully saturated rings. The second kappa shape index (κ2) is 7.87. The highest BCUT2D eigenvalue weighted by Crippen LogP contribution is 2.16. The normalized spacial score (nSPS) is 12.0. The maximum Gasteiger partial charge on any atom is 0.274 e. The molecule has 0 aliphatic rings. The van der Waals surface area contributed by atoms with Crippen molar-refractivity contribution in [2.24, 2.45) is 4.99 Å². The Morgan fingerprint density at radius 3 is 2.83 bits per heavy atom. The van der Waals surface area contributed by atoms with Gasteiger partial charge in [-0.3, -0.25) is 4.99 Å². The minimum atomic E-state index is -0.388. The number of hydrogen-bond acceptors (Lipinski definition) is 7. The second-order valence-electron chi connectivity index (χ2n) is 6.06. The van der Waals surface area contributed by atoms with Gasteiger partial charge in [-0.05, 0) is 37.7 Å². The Morgan fingerprint density at radius 1 is 1.33 bits per heavy atom. The molecule has 24 heavy (non-hydrogen) atoms. The van der Waals surface area contributed by atoms with Crippen molar-refractivity contribution in [3.05, 3.63) is 29.2 Å². The lowest BCUT2D eigenvalue weighted by molar-refractivity contribution is -0.644. The van der Waals surface area contributed by atoms with Gasteiger partial charge in [0.2, 0.25) is 6.40 Å². The summed E-state index contributed by atoms with van der Waals surface area (Å²) < 4.78 is 5.56. The van der Waals surface area contributed by atoms with Crippen LogP contribution in [0.2, 0.25) is 0 Å². The number of aromatic nitrogens is 3. The molecule has 1 aromatic carbocycles. The molecule has 0 aliphatic heterocycles. The number of benzene rings is 1. The number of aryl methyl sites for hydroxylation is 1. The summed E-state index contributed by atoms with van der Waals surface area (Å²) in [5.74, 6) is 1.07. The molecule has 0 unspecified atom stereocenters. The zero-order valence-corrected chi connectivity index (χ0v) is 14.4. The first kappa shape index (κ1) is 17.9. The van der Waals surface area contributed by atoms with Crippen molar-refractivity contribution in [1.82, 2.24) is 10.1 Å². The Morgan fingerprint density at radius 2 is 2.12 bits per heavy atom. The van der Waals surface area contributed by atoms with Gasteiger partial charge < -0.3 is 14.8 Å². The third-order valence-corrected chi connectivity index (χ3v) is 2.83. The van der Waals surface area contributed by atoms with Crippen LogP contribution in [0, 0.1) is 5.21 Å². The molecule has 0 saturated carbocycles. The fourth-order valence-corrected chi connectivity index (χ4v) is 1.78. The van der Waals surface area contributed by atoms with E-state index in [0.29, 0.717) is 47.0 Å². The van der Waals surface area contributed by atoms with E-state index in [1.54, 1.807) is 18.2 Å². The van der Waals surface area contributed by atoms with Crippen LogP contribution in [-0.2, 0) is 16.2 Å². The Bertz CT molecular complexity index is 713. The predicted octanol–water partition coefficient (Wildman–Crippen LogP) is 1.98. The van der Waals surface area contributed by atoms with Crippen molar-refractivity contribution in [1.29, 1.82) is 0 Å². The summed E-state index contributed by atoms with van der Waals surface area (Å²) in [5, 5.41) is 15.7. The summed E-state index contributed by atoms with van der Waals surface area (Å²) in [5.41, 5.74) is 0.575. The minimum Gasteiger partial charge on any atom is -0.594 e. The first-order valence-electron chi connectivity index (χ1n) is 7.75. The van der Waals surface area contributed by atoms with Crippen LogP contribution in [0.5, 0.6) is 5.75 Å². The van der Waals surface area contributed by atoms with Gasteiger partial charge in [0, 0.05) is 11.5 Å². The van der Waals surface area contributed by atoms with E-state index < -0.39 is 0 Å². The molecule has 0 amide bonds. The van der Waals surface area contributed by atoms with Gasteiger partial charge in [-0.25, -0.2) is 4.98 Å². The molecular formula is C16H22N4O4. The Hall–Kier alpha value is -2.48. The summed E-state index contributed by atoms with van der Waals surface area (Å²) in [6.45, 7) is 8.26. The van der Waals surface area contributed by atoms with Gasteiger partial charge in [0.1, 0.15) is 23.5 Å². The third kappa shape index (κ3) is 5.31. The maximum atomic E-state index is 11.9. The molecule has 0 aliphatic carbocycles. The van der Waals surface area contributed by atoms with Crippen molar-refractivity contribution >= 4 is 17.4 Å². The topological polar surface area (TPSA) is 92.8 Å². The van der Waals surface area contributed by atoms with Crippen LogP contribution in [0.25, 0.3) is 11.0 Å². The van der Waals surface area contributed by atoms with Gasteiger partial charge in [-0.1, -0.05) is 6.92 Å². The summed E-state index contributed by atoms with van der Waals surface area (Å²) in [6.07, 6.45) is 1.84. The molecular weight excluding hydrogens is 312 g/mol. The highest BCUT2D eigenvalue weighted by molar-refractivity contribution is 5.72. The molecule has 0 saturated heterocycles. The van der Waals surface area contributed by atoms with Crippen molar-refractivity contribution in [3.8, 4) is 5.75 Å². The van der Waals surface area contributed by atoms with Crippen LogP contribution in [-0.4, -0.2) is 35.2 Å². The third-order valence-electron chi connectivity index (χ3n) is 2.83. The molecule has 0 bridgehead atoms. The lowest BCUT2D eigenvalue weighted by Crippen LogP contribution is -2.33. The zero-order valence-electron chi connectivity index (χ0n) is 14.4. The van der Waals surface area contributed by atoms with Gasteiger partial charge in [-0.15, -0.1) is 0 Å². The van der Waals surface area contributed by atoms with E-state index in [-0.39, 0.29) is 5.60 Å². The molecule has 0 N–H and O–H groups in total. The van der Waals surface area contributed by atoms with Gasteiger partial charge in [0.05, 0.1) is 12.6 Å². The Balaban J connectivity index is 1.87. The van der Waals surface area contributed by atoms with Crippen LogP contribution in [0.3, 0.4) is 0 Å². The van der Waals surface area contributed by atoms with Gasteiger partial charge in [0.25, 0.3) is 5.52 Å². The van der Waals surface area contributed by atoms with Crippen molar-refractivity contribution in [2.45, 2.75) is 39.7 Å². The Labute approximate surface area is 140 Å². The molecule has 8 heteroatoms. The molecule has 2 aromatic rings. The molecule has 1 aromatic heterocycles. The van der Waals surface area contributed by atoms with Gasteiger partial charge in [-0.2, -0.15) is 4.89 Å². The number of ether oxygens (including phenoxy) is 1. The first-order chi connectivity index (χ1) is 11.4. The van der Waals surface area contributed by atoms with E-state index in [4.69, 9.17) is 14.5 Å². The smallest absolute Gasteiger partial charge is 0.274 e. The highest BCUT2D eigenvalue weighted by atomic mass is 17.2. The van der Waals surface area contributed by atoms with E-state index in [1.807, 2.05) is 27.7 Å². The lowest BCUT2D eigenvalue weighted by atomic mass is 10.2. The fourth-order valence-electron chi connectivity index (χ4n) is 1.78. The van der Waals surface area contributed by atoms with E-state index in [2.05, 4.69) is 15.1 Å². The van der Waals surface area contributed by atoms with Crippen molar-refractivity contribution in [2.75, 3.05) is 13.2 Å². The fraction of sp³-hybridized carbons (Fsp3) is 0.500. The van der Waals surface area contributed by atoms with Crippen LogP contribution in [0.15, 0.2) is 23.2 Å². The number of fused-ring (bicyclic) bond motifs is 1. The molecule has 0 atom stereocenters. The van der Waals surface area contributed by atoms with Crippen LogP contribution >= 0.6 is 0 Å². The molecule has 8 nitrogen and oxygen atoms in total. The second-order valence-corrected chi connectivity index (χ2v) is 6.06. The monoisotopic (exact) mass is 334 g/mol. The quantitative estimate of drug-likeness (QED) is 0.146. The molecule has 1 heterocycles. The standard InChI is InChI=1S/C16H22N4O4/c1-5-15-18-13-7-6-12(10-14(13)20(21)19-15)22-9-8-17-11-23-24-16(2,3)4/h6-7,10-11H,5,8-9H2,1-4H3. The van der Waals surface area contributed by atoms with E-state index >= 15 is 0 Å². The summed E-state index contributed by atoms with van der Waals surface area (Å²) >= 11 is 0. The molecule has 130 valence electrons. The maximum absolute atomic E-state index is 11.9. The van der Waals surface area contributed by atoms with Gasteiger partial charge >= 0.3 is 0 Å². The van der Waals surface area contributed by atoms with Crippen LogP contribution in [0.4, 0.5) is 0 Å². The number of hydrogen-bond donors (Lipinski definition) is 0. The average molecular weight is 334 g/mol. The van der Waals surface area contributed by atoms with Crippen LogP contribution in [0.1, 0.15) is 33.5 Å². The van der Waals surface area contributed by atoms with E-state index in [9.17, 15) is 5.21 Å². The largest absolute Gasteiger partial charge is 0.594 e. The van der Waals surface area contributed by atoms with E-state index in [1.165, 1.54) is 6.40 Å². The summed E-state index contributed by atoms with van der Waals surface area (Å²) in [4.78, 5) is 18.8. The average Bonchev–Trinajstić information content (AvgIpc) is 2.53. The highest BCUT2D eigenvalue weighted by Gasteiger charge is 2.12. The first-order valence-corrected chi connectivity index (χ1v) is 7.75. The van der Waals surface area contributed by atoms with Crippen molar-refractivity contribution < 1.29 is 19.4 Å². The molecule has 0 radical (unpaired) electrons. The van der Waals surface area contributed by atoms with Crippen LogP contribution < -0.4 is 9.58 Å². The Kier molecular flexibility index (Phi) is 5.86. The van der Waals surface area contributed by atoms with E-state index in [0.717, 1.165) is 0 Å². The molecule has 2 rings (SSSR count). The minimum absolute atomic E-state index is 0.341. The lowest BCUT2D eigenvalue weighted by Gasteiger charge is -2.15. The zero-order chi connectivity index (χ0) is 17.6. The molecule has 0 spiro atoms. The summed E-state index contributed by atoms with van der Waals surface area (Å²) in [6, 6.07) is 5.12. The number of rotatable bonds is 7. The number of aliphatic imine (C=N–C) groups is 1. The van der Waals surface area contributed by atoms with Crippen molar-refractivity contribution in [3.63, 3.8) is 0 Å². The SMILES string of the molecule is CCc1nc2ccc(OCCN=COOC(C)(C)C)cc2[n+]([O-])n1. The van der Waals surface area contributed by atoms with Gasteiger partial charge in [0.15, 0.2) is 5.82 Å². The number of nitrogens with zero attached hydrogens (tertiary/aromatic N) is 4.